The number of hydrogen-bond donors (Lipinski definition) is 0. The van der Waals surface area contributed by atoms with Crippen molar-refractivity contribution in [1.29, 1.82) is 0 Å². The van der Waals surface area contributed by atoms with Crippen LogP contribution in [0.1, 0.15) is 13.3 Å². The maximum atomic E-state index is 11.7. The van der Waals surface area contributed by atoms with E-state index >= 15 is 0 Å². The highest BCUT2D eigenvalue weighted by atomic mass is 32.2. The minimum atomic E-state index is -2.94. The molecule has 88 valence electrons. The Kier molecular flexibility index (Phi) is 3.72. The van der Waals surface area contributed by atoms with Crippen LogP contribution < -0.4 is 0 Å². The molecule has 0 aromatic rings. The van der Waals surface area contributed by atoms with Crippen molar-refractivity contribution in [3.63, 3.8) is 0 Å². The second-order valence-corrected chi connectivity index (χ2v) is 6.11. The summed E-state index contributed by atoms with van der Waals surface area (Å²) in [7, 11) is 0.147. The molecule has 1 saturated heterocycles. The Labute approximate surface area is 90.3 Å². The van der Waals surface area contributed by atoms with Crippen LogP contribution in [0, 0.1) is 0 Å². The van der Waals surface area contributed by atoms with Gasteiger partial charge in [0.1, 0.15) is 6.10 Å². The van der Waals surface area contributed by atoms with Gasteiger partial charge in [-0.1, -0.05) is 0 Å². The van der Waals surface area contributed by atoms with Gasteiger partial charge in [0.2, 0.25) is 0 Å². The van der Waals surface area contributed by atoms with Crippen molar-refractivity contribution in [3.8, 4) is 0 Å². The third-order valence-electron chi connectivity index (χ3n) is 2.81. The molecule has 1 aliphatic rings. The Bertz CT molecular complexity index is 338. The van der Waals surface area contributed by atoms with Crippen molar-refractivity contribution in [2.24, 2.45) is 0 Å². The van der Waals surface area contributed by atoms with Gasteiger partial charge in [-0.3, -0.25) is 4.79 Å². The second kappa shape index (κ2) is 4.49. The van der Waals surface area contributed by atoms with Crippen LogP contribution in [-0.2, 0) is 19.4 Å². The van der Waals surface area contributed by atoms with E-state index in [4.69, 9.17) is 4.74 Å². The first-order valence-electron chi connectivity index (χ1n) is 4.87. The molecule has 2 atom stereocenters. The van der Waals surface area contributed by atoms with E-state index in [0.29, 0.717) is 6.42 Å². The highest BCUT2D eigenvalue weighted by Gasteiger charge is 2.33. The second-order valence-electron chi connectivity index (χ2n) is 3.88. The van der Waals surface area contributed by atoms with Gasteiger partial charge in [0.25, 0.3) is 5.91 Å². The van der Waals surface area contributed by atoms with E-state index in [1.54, 1.807) is 14.0 Å². The monoisotopic (exact) mass is 235 g/mol. The van der Waals surface area contributed by atoms with Gasteiger partial charge in [0, 0.05) is 20.2 Å². The maximum Gasteiger partial charge on any atom is 0.251 e. The zero-order valence-electron chi connectivity index (χ0n) is 9.26. The average molecular weight is 235 g/mol. The first kappa shape index (κ1) is 12.4. The van der Waals surface area contributed by atoms with E-state index in [1.807, 2.05) is 0 Å². The molecule has 0 aromatic carbocycles. The number of hydrogen-bond acceptors (Lipinski definition) is 4. The molecule has 6 heteroatoms. The zero-order valence-corrected chi connectivity index (χ0v) is 10.1. The Hall–Kier alpha value is -0.620. The van der Waals surface area contributed by atoms with Crippen LogP contribution in [0.25, 0.3) is 0 Å². The third kappa shape index (κ3) is 2.92. The summed E-state index contributed by atoms with van der Waals surface area (Å²) in [6, 6.07) is -0.194. The highest BCUT2D eigenvalue weighted by molar-refractivity contribution is 7.91. The number of rotatable bonds is 3. The third-order valence-corrected chi connectivity index (χ3v) is 4.56. The van der Waals surface area contributed by atoms with Gasteiger partial charge >= 0.3 is 0 Å². The number of carbonyl (C=O) groups excluding carboxylic acids is 1. The maximum absolute atomic E-state index is 11.7. The lowest BCUT2D eigenvalue weighted by atomic mass is 10.2. The normalized spacial score (nSPS) is 26.2. The quantitative estimate of drug-likeness (QED) is 0.672. The molecule has 0 N–H and O–H groups in total. The summed E-state index contributed by atoms with van der Waals surface area (Å²) in [6.45, 7) is 1.66. The average Bonchev–Trinajstić information content (AvgIpc) is 2.55. The van der Waals surface area contributed by atoms with Crippen molar-refractivity contribution < 1.29 is 17.9 Å². The number of likely N-dealkylation sites (N-methyl/N-ethyl adjacent to an activating group) is 1. The molecule has 15 heavy (non-hydrogen) atoms. The molecule has 1 amide bonds. The van der Waals surface area contributed by atoms with Crippen LogP contribution in [0.3, 0.4) is 0 Å². The topological polar surface area (TPSA) is 63.7 Å². The smallest absolute Gasteiger partial charge is 0.251 e. The number of methoxy groups -OCH3 is 1. The van der Waals surface area contributed by atoms with Crippen molar-refractivity contribution >= 4 is 15.7 Å². The summed E-state index contributed by atoms with van der Waals surface area (Å²) in [6.07, 6.45) is 0.0133. The van der Waals surface area contributed by atoms with E-state index in [-0.39, 0.29) is 23.5 Å². The standard InChI is InChI=1S/C9H17NO4S/c1-7(14-3)9(11)10(2)8-4-5-15(12,13)6-8/h7-8H,4-6H2,1-3H3. The number of carbonyl (C=O) groups is 1. The lowest BCUT2D eigenvalue weighted by molar-refractivity contribution is -0.141. The molecule has 1 fully saturated rings. The first-order chi connectivity index (χ1) is 6.87. The molecule has 0 aromatic heterocycles. The van der Waals surface area contributed by atoms with Gasteiger partial charge in [-0.25, -0.2) is 8.42 Å². The van der Waals surface area contributed by atoms with E-state index in [2.05, 4.69) is 0 Å². The van der Waals surface area contributed by atoms with E-state index in [0.717, 1.165) is 0 Å². The first-order valence-corrected chi connectivity index (χ1v) is 6.69. The molecule has 2 unspecified atom stereocenters. The fourth-order valence-corrected chi connectivity index (χ4v) is 3.42. The van der Waals surface area contributed by atoms with E-state index < -0.39 is 15.9 Å². The van der Waals surface area contributed by atoms with Crippen LogP contribution >= 0.6 is 0 Å². The van der Waals surface area contributed by atoms with E-state index in [1.165, 1.54) is 12.0 Å². The number of sulfone groups is 1. The summed E-state index contributed by atoms with van der Waals surface area (Å²) < 4.78 is 27.4. The molecule has 0 spiro atoms. The van der Waals surface area contributed by atoms with Crippen molar-refractivity contribution in [1.82, 2.24) is 4.90 Å². The predicted molar refractivity (Wildman–Crippen MR) is 56.3 cm³/mol. The molecular formula is C9H17NO4S. The van der Waals surface area contributed by atoms with Crippen molar-refractivity contribution in [3.05, 3.63) is 0 Å². The SMILES string of the molecule is COC(C)C(=O)N(C)C1CCS(=O)(=O)C1. The number of nitrogens with zero attached hydrogens (tertiary/aromatic N) is 1. The number of amides is 1. The molecule has 1 heterocycles. The largest absolute Gasteiger partial charge is 0.372 e. The summed E-state index contributed by atoms with van der Waals surface area (Å²) in [4.78, 5) is 13.2. The Morgan fingerprint density at radius 1 is 1.53 bits per heavy atom. The van der Waals surface area contributed by atoms with Crippen LogP contribution in [-0.4, -0.2) is 57.0 Å². The Balaban J connectivity index is 2.63. The molecule has 1 rings (SSSR count). The minimum absolute atomic E-state index is 0.0751. The van der Waals surface area contributed by atoms with Crippen molar-refractivity contribution in [2.75, 3.05) is 25.7 Å². The van der Waals surface area contributed by atoms with Crippen LogP contribution in [0.4, 0.5) is 0 Å². The summed E-state index contributed by atoms with van der Waals surface area (Å²) >= 11 is 0. The van der Waals surface area contributed by atoms with Crippen LogP contribution in [0.15, 0.2) is 0 Å². The molecule has 0 saturated carbocycles. The van der Waals surface area contributed by atoms with Crippen LogP contribution in [0.2, 0.25) is 0 Å². The summed E-state index contributed by atoms with van der Waals surface area (Å²) in [5.74, 6) is 0.0853. The summed E-state index contributed by atoms with van der Waals surface area (Å²) in [5.41, 5.74) is 0. The van der Waals surface area contributed by atoms with Gasteiger partial charge in [0.05, 0.1) is 11.5 Å². The lowest BCUT2D eigenvalue weighted by Gasteiger charge is -2.25. The van der Waals surface area contributed by atoms with E-state index in [9.17, 15) is 13.2 Å². The molecule has 0 bridgehead atoms. The predicted octanol–water partition coefficient (Wildman–Crippen LogP) is -0.333. The number of ether oxygens (including phenoxy) is 1. The van der Waals surface area contributed by atoms with Gasteiger partial charge in [0.15, 0.2) is 9.84 Å². The Morgan fingerprint density at radius 3 is 2.53 bits per heavy atom. The minimum Gasteiger partial charge on any atom is -0.372 e. The van der Waals surface area contributed by atoms with Gasteiger partial charge in [-0.15, -0.1) is 0 Å². The van der Waals surface area contributed by atoms with Gasteiger partial charge < -0.3 is 9.64 Å². The van der Waals surface area contributed by atoms with Crippen molar-refractivity contribution in [2.45, 2.75) is 25.5 Å². The molecule has 0 radical (unpaired) electrons. The fraction of sp³-hybridized carbons (Fsp3) is 0.889. The lowest BCUT2D eigenvalue weighted by Crippen LogP contribution is -2.43. The summed E-state index contributed by atoms with van der Waals surface area (Å²) in [5, 5.41) is 0. The Morgan fingerprint density at radius 2 is 2.13 bits per heavy atom. The molecular weight excluding hydrogens is 218 g/mol. The van der Waals surface area contributed by atoms with Crippen LogP contribution in [0.5, 0.6) is 0 Å². The molecule has 0 aliphatic carbocycles. The van der Waals surface area contributed by atoms with Gasteiger partial charge in [-0.05, 0) is 13.3 Å². The highest BCUT2D eigenvalue weighted by Crippen LogP contribution is 2.17. The molecule has 5 nitrogen and oxygen atoms in total. The van der Waals surface area contributed by atoms with Gasteiger partial charge in [-0.2, -0.15) is 0 Å². The molecule has 1 aliphatic heterocycles. The zero-order chi connectivity index (χ0) is 11.6. The fourth-order valence-electron chi connectivity index (χ4n) is 1.65.